The van der Waals surface area contributed by atoms with Crippen LogP contribution in [-0.4, -0.2) is 128 Å². The van der Waals surface area contributed by atoms with E-state index in [1.54, 1.807) is 17.7 Å². The Morgan fingerprint density at radius 3 is 2.38 bits per heavy atom. The van der Waals surface area contributed by atoms with Crippen LogP contribution in [0.2, 0.25) is 0 Å². The van der Waals surface area contributed by atoms with Crippen LogP contribution < -0.4 is 16.0 Å². The van der Waals surface area contributed by atoms with Gasteiger partial charge in [0, 0.05) is 109 Å². The Balaban J connectivity index is 0.694. The van der Waals surface area contributed by atoms with E-state index < -0.39 is 0 Å². The van der Waals surface area contributed by atoms with E-state index in [1.807, 2.05) is 17.8 Å². The first-order valence-electron chi connectivity index (χ1n) is 26.0. The Hall–Kier alpha value is -5.59. The van der Waals surface area contributed by atoms with Crippen LogP contribution in [-0.2, 0) is 33.6 Å². The molecule has 1 unspecified atom stereocenters. The minimum atomic E-state index is -0.234. The second kappa shape index (κ2) is 26.9. The molecule has 388 valence electrons. The van der Waals surface area contributed by atoms with Gasteiger partial charge in [-0.15, -0.1) is 26.6 Å². The number of aromatic nitrogens is 8. The topological polar surface area (TPSA) is 167 Å². The number of likely N-dealkylation sites (tertiary alicyclic amines) is 1. The standard InChI is InChI=1S/C55H79N13O3S/c1-11-15-49-43(8)58-36-59-53(49)60-47-21-18-40(5)66(34-47)33-38(3)42(7)57-23-22-48-35-67(65-63-48)25-29-71-31-30-70-27-14-12-13-26-69-28-24-56-39(4)32-50-54-64-62-45(10)68(54)55-51(41(6)44(9)72-55)52(61-50)46-19-16-37(2)17-20-46/h16-17,19-20,35-36,40,47,50,56-57H,3-4,7,11-15,18,21-34H2,1-2,5-6,8-10H3,(H,58,59,60)/t40-,47+,50?/m0/s1. The fourth-order valence-corrected chi connectivity index (χ4v) is 10.5. The smallest absolute Gasteiger partial charge is 0.163 e. The van der Waals surface area contributed by atoms with Gasteiger partial charge < -0.3 is 30.2 Å². The molecule has 3 atom stereocenters. The summed E-state index contributed by atoms with van der Waals surface area (Å²) in [6.07, 6.45) is 12.3. The molecule has 5 aromatic rings. The van der Waals surface area contributed by atoms with Gasteiger partial charge in [-0.3, -0.25) is 14.5 Å². The zero-order chi connectivity index (χ0) is 51.0. The predicted molar refractivity (Wildman–Crippen MR) is 290 cm³/mol. The molecule has 2 aliphatic heterocycles. The highest BCUT2D eigenvalue weighted by Gasteiger charge is 2.32. The molecule has 0 spiro atoms. The highest BCUT2D eigenvalue weighted by molar-refractivity contribution is 7.15. The number of anilines is 1. The molecule has 1 fully saturated rings. The van der Waals surface area contributed by atoms with Crippen molar-refractivity contribution in [2.75, 3.05) is 71.1 Å². The summed E-state index contributed by atoms with van der Waals surface area (Å²) < 4.78 is 21.6. The van der Waals surface area contributed by atoms with Crippen molar-refractivity contribution in [2.45, 2.75) is 131 Å². The summed E-state index contributed by atoms with van der Waals surface area (Å²) in [6, 6.07) is 9.19. The summed E-state index contributed by atoms with van der Waals surface area (Å²) in [5.41, 5.74) is 11.7. The van der Waals surface area contributed by atoms with Crippen LogP contribution in [0.25, 0.3) is 5.00 Å². The number of aliphatic imine (C=N–C) groups is 1. The van der Waals surface area contributed by atoms with Crippen LogP contribution in [0.3, 0.4) is 0 Å². The zero-order valence-corrected chi connectivity index (χ0v) is 44.9. The molecule has 3 N–H and O–H groups in total. The van der Waals surface area contributed by atoms with E-state index in [0.717, 1.165) is 132 Å². The van der Waals surface area contributed by atoms with Gasteiger partial charge in [-0.25, -0.2) is 14.6 Å². The number of nitrogens with zero attached hydrogens (tertiary/aromatic N) is 10. The number of aryl methyl sites for hydroxylation is 4. The molecule has 1 saturated heterocycles. The lowest BCUT2D eigenvalue weighted by molar-refractivity contribution is 0.0417. The van der Waals surface area contributed by atoms with Crippen LogP contribution in [0.4, 0.5) is 5.82 Å². The fourth-order valence-electron chi connectivity index (χ4n) is 9.26. The number of hydrogen-bond acceptors (Lipinski definition) is 15. The largest absolute Gasteiger partial charge is 0.386 e. The maximum absolute atomic E-state index is 5.95. The molecular weight excluding hydrogens is 923 g/mol. The van der Waals surface area contributed by atoms with Crippen molar-refractivity contribution in [3.63, 3.8) is 0 Å². The minimum absolute atomic E-state index is 0.234. The van der Waals surface area contributed by atoms with Gasteiger partial charge in [0.2, 0.25) is 0 Å². The van der Waals surface area contributed by atoms with Crippen molar-refractivity contribution < 1.29 is 14.2 Å². The van der Waals surface area contributed by atoms with Gasteiger partial charge in [0.05, 0.1) is 44.4 Å². The third-order valence-corrected chi connectivity index (χ3v) is 14.9. The second-order valence-corrected chi connectivity index (χ2v) is 20.6. The van der Waals surface area contributed by atoms with Gasteiger partial charge >= 0.3 is 0 Å². The number of ether oxygens (including phenoxy) is 3. The Morgan fingerprint density at radius 1 is 0.833 bits per heavy atom. The lowest BCUT2D eigenvalue weighted by atomic mass is 9.98. The summed E-state index contributed by atoms with van der Waals surface area (Å²) in [6.45, 7) is 35.5. The number of rotatable bonds is 30. The molecule has 0 amide bonds. The number of benzene rings is 1. The first kappa shape index (κ1) is 54.2. The lowest BCUT2D eigenvalue weighted by Gasteiger charge is -2.39. The van der Waals surface area contributed by atoms with Crippen LogP contribution in [0.15, 0.2) is 78.5 Å². The van der Waals surface area contributed by atoms with Crippen LogP contribution in [0, 0.1) is 34.6 Å². The normalized spacial score (nSPS) is 16.7. The molecule has 0 bridgehead atoms. The SMILES string of the molecule is C=C(CC1N=C(c2ccc(C)cc2)c2c(sc(C)c2C)-n2c(C)nnc21)NCCOCCCCCOCCOCCn1cc(CCNC(=C)C(=C)CN2C[C@H](Nc3ncnc(C)c3CCC)CC[C@@H]2C)nn1. The molecule has 7 rings (SSSR count). The zero-order valence-electron chi connectivity index (χ0n) is 44.1. The first-order valence-corrected chi connectivity index (χ1v) is 26.8. The molecule has 72 heavy (non-hydrogen) atoms. The van der Waals surface area contributed by atoms with E-state index >= 15 is 0 Å². The van der Waals surface area contributed by atoms with E-state index in [0.29, 0.717) is 77.8 Å². The van der Waals surface area contributed by atoms with Gasteiger partial charge in [0.1, 0.15) is 29.0 Å². The molecule has 0 aliphatic carbocycles. The van der Waals surface area contributed by atoms with E-state index in [1.165, 1.54) is 21.6 Å². The van der Waals surface area contributed by atoms with Gasteiger partial charge in [0.15, 0.2) is 5.82 Å². The van der Waals surface area contributed by atoms with Crippen molar-refractivity contribution in [3.8, 4) is 5.00 Å². The molecule has 1 aromatic carbocycles. The number of piperidine rings is 1. The molecule has 4 aromatic heterocycles. The molecule has 17 heteroatoms. The Labute approximate surface area is 431 Å². The van der Waals surface area contributed by atoms with E-state index in [2.05, 4.69) is 141 Å². The Morgan fingerprint density at radius 2 is 1.60 bits per heavy atom. The summed E-state index contributed by atoms with van der Waals surface area (Å²) in [5, 5.41) is 29.6. The van der Waals surface area contributed by atoms with Crippen molar-refractivity contribution in [3.05, 3.63) is 129 Å². The molecule has 0 saturated carbocycles. The number of hydrogen-bond donors (Lipinski definition) is 3. The van der Waals surface area contributed by atoms with Crippen LogP contribution in [0.1, 0.15) is 121 Å². The Kier molecular flexibility index (Phi) is 20.3. The fraction of sp³-hybridized carbons (Fsp3) is 0.545. The van der Waals surface area contributed by atoms with E-state index in [9.17, 15) is 0 Å². The molecule has 0 radical (unpaired) electrons. The van der Waals surface area contributed by atoms with Crippen LogP contribution in [0.5, 0.6) is 0 Å². The lowest BCUT2D eigenvalue weighted by Crippen LogP contribution is -2.48. The van der Waals surface area contributed by atoms with E-state index in [4.69, 9.17) is 19.2 Å². The van der Waals surface area contributed by atoms with Gasteiger partial charge in [-0.1, -0.05) is 68.1 Å². The maximum atomic E-state index is 5.95. The monoisotopic (exact) mass is 1000 g/mol. The summed E-state index contributed by atoms with van der Waals surface area (Å²) in [7, 11) is 0. The van der Waals surface area contributed by atoms with Crippen LogP contribution >= 0.6 is 11.3 Å². The maximum Gasteiger partial charge on any atom is 0.163 e. The minimum Gasteiger partial charge on any atom is -0.386 e. The quantitative estimate of drug-likeness (QED) is 0.0296. The second-order valence-electron chi connectivity index (χ2n) is 19.4. The highest BCUT2D eigenvalue weighted by Crippen LogP contribution is 2.40. The number of thiophene rings is 1. The van der Waals surface area contributed by atoms with Crippen molar-refractivity contribution in [1.29, 1.82) is 0 Å². The number of fused-ring (bicyclic) bond motifs is 3. The number of nitrogens with one attached hydrogen (secondary N) is 3. The molecule has 6 heterocycles. The number of unbranched alkanes of at least 4 members (excludes halogenated alkanes) is 2. The summed E-state index contributed by atoms with van der Waals surface area (Å²) in [5.74, 6) is 2.68. The van der Waals surface area contributed by atoms with Gasteiger partial charge in [-0.2, -0.15) is 0 Å². The highest BCUT2D eigenvalue weighted by atomic mass is 32.1. The summed E-state index contributed by atoms with van der Waals surface area (Å²) >= 11 is 1.78. The third kappa shape index (κ3) is 14.8. The average Bonchev–Trinajstić information content (AvgIpc) is 4.04. The Bertz CT molecular complexity index is 2600. The molecular formula is C55H79N13O3S. The third-order valence-electron chi connectivity index (χ3n) is 13.7. The van der Waals surface area contributed by atoms with Gasteiger partial charge in [0.25, 0.3) is 0 Å². The van der Waals surface area contributed by atoms with Gasteiger partial charge in [-0.05, 0) is 91.2 Å². The van der Waals surface area contributed by atoms with Crippen molar-refractivity contribution >= 4 is 22.9 Å². The first-order chi connectivity index (χ1) is 34.9. The predicted octanol–water partition coefficient (Wildman–Crippen LogP) is 8.68. The van der Waals surface area contributed by atoms with Crippen molar-refractivity contribution in [1.82, 2.24) is 55.3 Å². The summed E-state index contributed by atoms with van der Waals surface area (Å²) in [4.78, 5) is 18.2. The van der Waals surface area contributed by atoms with E-state index in [-0.39, 0.29) is 6.04 Å². The van der Waals surface area contributed by atoms with Crippen molar-refractivity contribution in [2.24, 2.45) is 4.99 Å². The molecule has 16 nitrogen and oxygen atoms in total. The average molecular weight is 1000 g/mol. The molecule has 2 aliphatic rings.